The molecule has 3 aromatic rings. The van der Waals surface area contributed by atoms with E-state index in [1.807, 2.05) is 24.3 Å². The highest BCUT2D eigenvalue weighted by molar-refractivity contribution is 7.91. The lowest BCUT2D eigenvalue weighted by Gasteiger charge is -2.38. The number of nitrogens with zero attached hydrogens (tertiary/aromatic N) is 4. The standard InChI is InChI=1S/C27H27ClN4O5S2/c28-21-8-7-20-13-25(38-23(20)14-21)39(36,37)31-16-22(27(34)35)32(24(33)17-31)15-18-3-5-19(6-4-18)26(29-9-1-10-29)30-11-2-12-30/h3-8,13-14,22H,1-2,9-12,15-17H2/p+1/t22-/m1/s1. The lowest BCUT2D eigenvalue weighted by Crippen LogP contribution is -2.59. The van der Waals surface area contributed by atoms with E-state index in [2.05, 4.69) is 9.48 Å². The lowest BCUT2D eigenvalue weighted by molar-refractivity contribution is -0.587. The van der Waals surface area contributed by atoms with Crippen molar-refractivity contribution in [2.75, 3.05) is 39.3 Å². The van der Waals surface area contributed by atoms with Crippen LogP contribution in [0.4, 0.5) is 0 Å². The third-order valence-electron chi connectivity index (χ3n) is 7.60. The number of sulfonamides is 1. The first kappa shape index (κ1) is 26.2. The predicted molar refractivity (Wildman–Crippen MR) is 149 cm³/mol. The fourth-order valence-corrected chi connectivity index (χ4v) is 8.40. The summed E-state index contributed by atoms with van der Waals surface area (Å²) in [6, 6.07) is 13.2. The Labute approximate surface area is 235 Å². The summed E-state index contributed by atoms with van der Waals surface area (Å²) in [5.74, 6) is -0.547. The third-order valence-corrected chi connectivity index (χ3v) is 11.2. The minimum absolute atomic E-state index is 0.0530. The van der Waals surface area contributed by atoms with Crippen LogP contribution in [0.15, 0.2) is 52.7 Å². The summed E-state index contributed by atoms with van der Waals surface area (Å²) in [6.07, 6.45) is 2.38. The molecule has 1 amide bonds. The van der Waals surface area contributed by atoms with Gasteiger partial charge in [0.2, 0.25) is 5.91 Å². The molecule has 0 bridgehead atoms. The van der Waals surface area contributed by atoms with Crippen molar-refractivity contribution in [2.45, 2.75) is 29.6 Å². The number of likely N-dealkylation sites (tertiary alicyclic amines) is 1. The number of carboxylic acid groups (broad SMARTS) is 1. The number of fused-ring (bicyclic) bond motifs is 1. The maximum absolute atomic E-state index is 13.4. The zero-order valence-corrected chi connectivity index (χ0v) is 23.5. The van der Waals surface area contributed by atoms with E-state index in [9.17, 15) is 23.1 Å². The first-order valence-corrected chi connectivity index (χ1v) is 15.5. The number of amides is 1. The van der Waals surface area contributed by atoms with Gasteiger partial charge >= 0.3 is 5.97 Å². The maximum atomic E-state index is 13.4. The van der Waals surface area contributed by atoms with Gasteiger partial charge in [-0.25, -0.2) is 13.2 Å². The van der Waals surface area contributed by atoms with Gasteiger partial charge in [-0.1, -0.05) is 29.8 Å². The molecule has 0 aliphatic carbocycles. The number of amidine groups is 1. The van der Waals surface area contributed by atoms with Crippen molar-refractivity contribution >= 4 is 60.8 Å². The number of piperazine rings is 1. The van der Waals surface area contributed by atoms with Crippen LogP contribution in [0, 0.1) is 0 Å². The quantitative estimate of drug-likeness (QED) is 0.352. The topological polar surface area (TPSA) is 101 Å². The smallest absolute Gasteiger partial charge is 0.327 e. The Kier molecular flexibility index (Phi) is 6.86. The number of carboxylic acids is 1. The second kappa shape index (κ2) is 10.2. The van der Waals surface area contributed by atoms with E-state index in [1.54, 1.807) is 18.2 Å². The number of hydrogen-bond acceptors (Lipinski definition) is 5. The van der Waals surface area contributed by atoms with E-state index in [1.165, 1.54) is 29.6 Å². The molecule has 1 atom stereocenters. The Bertz CT molecular complexity index is 1590. The third kappa shape index (κ3) is 4.93. The summed E-state index contributed by atoms with van der Waals surface area (Å²) in [4.78, 5) is 29.1. The second-order valence-electron chi connectivity index (χ2n) is 10.1. The molecule has 3 aliphatic rings. The van der Waals surface area contributed by atoms with Gasteiger partial charge in [0.25, 0.3) is 15.9 Å². The highest BCUT2D eigenvalue weighted by Gasteiger charge is 2.42. The van der Waals surface area contributed by atoms with E-state index >= 15 is 0 Å². The number of thiophene rings is 1. The Hall–Kier alpha value is -2.99. The molecule has 9 nitrogen and oxygen atoms in total. The molecular formula is C27H28ClN4O5S2+. The SMILES string of the molecule is O=C(O)[C@H]1CN(S(=O)(=O)c2cc3ccc(Cl)cc3s2)CC(=O)N1Cc1ccc(C(N2CCC2)=[N+]2CCC2)cc1. The molecular weight excluding hydrogens is 560 g/mol. The van der Waals surface area contributed by atoms with Crippen molar-refractivity contribution in [1.29, 1.82) is 0 Å². The van der Waals surface area contributed by atoms with Crippen molar-refractivity contribution in [2.24, 2.45) is 0 Å². The van der Waals surface area contributed by atoms with E-state index in [0.717, 1.165) is 58.3 Å². The number of benzene rings is 2. The number of halogens is 1. The van der Waals surface area contributed by atoms with Crippen LogP contribution in [0.2, 0.25) is 5.02 Å². The Morgan fingerprint density at radius 1 is 1.08 bits per heavy atom. The number of carbonyl (C=O) groups is 2. The van der Waals surface area contributed by atoms with Crippen molar-refractivity contribution in [3.05, 3.63) is 64.7 Å². The van der Waals surface area contributed by atoms with Crippen LogP contribution < -0.4 is 0 Å². The summed E-state index contributed by atoms with van der Waals surface area (Å²) in [5, 5.41) is 11.2. The molecule has 0 unspecified atom stereocenters. The van der Waals surface area contributed by atoms with Crippen LogP contribution in [0.25, 0.3) is 10.1 Å². The van der Waals surface area contributed by atoms with E-state index in [0.29, 0.717) is 9.72 Å². The van der Waals surface area contributed by atoms with E-state index < -0.39 is 34.5 Å². The zero-order valence-electron chi connectivity index (χ0n) is 21.1. The summed E-state index contributed by atoms with van der Waals surface area (Å²) in [6.45, 7) is 3.54. The highest BCUT2D eigenvalue weighted by atomic mass is 35.5. The molecule has 0 spiro atoms. The molecule has 3 fully saturated rings. The Morgan fingerprint density at radius 2 is 1.82 bits per heavy atom. The van der Waals surface area contributed by atoms with Crippen LogP contribution in [-0.2, 0) is 26.2 Å². The molecule has 6 rings (SSSR count). The molecule has 1 N–H and O–H groups in total. The monoisotopic (exact) mass is 587 g/mol. The summed E-state index contributed by atoms with van der Waals surface area (Å²) >= 11 is 7.09. The van der Waals surface area contributed by atoms with Crippen molar-refractivity contribution in [3.63, 3.8) is 0 Å². The van der Waals surface area contributed by atoms with Crippen LogP contribution >= 0.6 is 22.9 Å². The fraction of sp³-hybridized carbons (Fsp3) is 0.370. The van der Waals surface area contributed by atoms with Crippen molar-refractivity contribution < 1.29 is 27.7 Å². The van der Waals surface area contributed by atoms with Gasteiger partial charge < -0.3 is 10.0 Å². The number of carbonyl (C=O) groups excluding carboxylic acids is 1. The molecule has 1 aromatic heterocycles. The van der Waals surface area contributed by atoms with Crippen molar-refractivity contribution in [1.82, 2.24) is 14.1 Å². The summed E-state index contributed by atoms with van der Waals surface area (Å²) < 4.78 is 30.9. The summed E-state index contributed by atoms with van der Waals surface area (Å²) in [5.41, 5.74) is 1.91. The van der Waals surface area contributed by atoms with Crippen LogP contribution in [0.3, 0.4) is 0 Å². The van der Waals surface area contributed by atoms with E-state index in [4.69, 9.17) is 11.6 Å². The number of rotatable bonds is 6. The number of aliphatic carboxylic acids is 1. The average Bonchev–Trinajstić information content (AvgIpc) is 3.27. The molecule has 0 radical (unpaired) electrons. The number of hydrogen-bond donors (Lipinski definition) is 1. The van der Waals surface area contributed by atoms with Gasteiger partial charge in [0.15, 0.2) is 0 Å². The first-order valence-electron chi connectivity index (χ1n) is 12.9. The molecule has 3 saturated heterocycles. The Balaban J connectivity index is 1.21. The van der Waals surface area contributed by atoms with Crippen LogP contribution in [0.1, 0.15) is 24.0 Å². The van der Waals surface area contributed by atoms with Crippen molar-refractivity contribution in [3.8, 4) is 0 Å². The fourth-order valence-electron chi connectivity index (χ4n) is 5.18. The van der Waals surface area contributed by atoms with E-state index in [-0.39, 0.29) is 17.3 Å². The Morgan fingerprint density at radius 3 is 2.44 bits per heavy atom. The first-order chi connectivity index (χ1) is 18.7. The van der Waals surface area contributed by atoms with Gasteiger partial charge in [0.05, 0.1) is 38.3 Å². The lowest BCUT2D eigenvalue weighted by atomic mass is 10.0. The minimum Gasteiger partial charge on any atom is -0.480 e. The van der Waals surface area contributed by atoms with Gasteiger partial charge in [0.1, 0.15) is 10.3 Å². The normalized spacial score (nSPS) is 20.2. The summed E-state index contributed by atoms with van der Waals surface area (Å²) in [7, 11) is -4.07. The van der Waals surface area contributed by atoms with Gasteiger partial charge in [-0.2, -0.15) is 4.31 Å². The largest absolute Gasteiger partial charge is 0.480 e. The minimum atomic E-state index is -4.07. The highest BCUT2D eigenvalue weighted by Crippen LogP contribution is 2.33. The van der Waals surface area contributed by atoms with Gasteiger partial charge in [-0.05, 0) is 41.3 Å². The average molecular weight is 588 g/mol. The van der Waals surface area contributed by atoms with Gasteiger partial charge in [0, 0.05) is 35.7 Å². The molecule has 2 aromatic carbocycles. The predicted octanol–water partition coefficient (Wildman–Crippen LogP) is 2.91. The molecule has 3 aliphatic heterocycles. The van der Waals surface area contributed by atoms with Crippen LogP contribution in [-0.4, -0.2) is 95.2 Å². The molecule has 12 heteroatoms. The molecule has 4 heterocycles. The molecule has 204 valence electrons. The van der Waals surface area contributed by atoms with Gasteiger partial charge in [-0.3, -0.25) is 14.3 Å². The van der Waals surface area contributed by atoms with Gasteiger partial charge in [-0.15, -0.1) is 11.3 Å². The van der Waals surface area contributed by atoms with Crippen LogP contribution in [0.5, 0.6) is 0 Å². The molecule has 0 saturated carbocycles. The zero-order chi connectivity index (χ0) is 27.3. The second-order valence-corrected chi connectivity index (χ2v) is 13.8. The maximum Gasteiger partial charge on any atom is 0.327 e. The molecule has 39 heavy (non-hydrogen) atoms.